The molecule has 0 radical (unpaired) electrons. The van der Waals surface area contributed by atoms with Gasteiger partial charge in [-0.05, 0) is 43.5 Å². The number of rotatable bonds is 3. The van der Waals surface area contributed by atoms with Crippen LogP contribution >= 0.6 is 0 Å². The van der Waals surface area contributed by atoms with Crippen LogP contribution in [0.2, 0.25) is 0 Å². The van der Waals surface area contributed by atoms with Crippen molar-refractivity contribution in [1.82, 2.24) is 4.98 Å². The van der Waals surface area contributed by atoms with Gasteiger partial charge in [0.25, 0.3) is 0 Å². The van der Waals surface area contributed by atoms with E-state index in [2.05, 4.69) is 43.1 Å². The summed E-state index contributed by atoms with van der Waals surface area (Å²) in [6.07, 6.45) is 0.932. The molecule has 0 bridgehead atoms. The Morgan fingerprint density at radius 2 is 1.89 bits per heavy atom. The van der Waals surface area contributed by atoms with Crippen LogP contribution in [0, 0.1) is 13.8 Å². The second kappa shape index (κ2) is 5.32. The Labute approximate surface area is 109 Å². The van der Waals surface area contributed by atoms with Gasteiger partial charge in [0.2, 0.25) is 0 Å². The van der Waals surface area contributed by atoms with E-state index in [0.29, 0.717) is 0 Å². The summed E-state index contributed by atoms with van der Waals surface area (Å²) in [6.45, 7) is 6.23. The van der Waals surface area contributed by atoms with Crippen LogP contribution in [0.25, 0.3) is 11.3 Å². The highest BCUT2D eigenvalue weighted by Crippen LogP contribution is 2.28. The van der Waals surface area contributed by atoms with Crippen LogP contribution in [-0.4, -0.2) is 4.98 Å². The lowest BCUT2D eigenvalue weighted by Gasteiger charge is -2.15. The predicted molar refractivity (Wildman–Crippen MR) is 76.4 cm³/mol. The Bertz CT molecular complexity index is 526. The van der Waals surface area contributed by atoms with Crippen molar-refractivity contribution in [1.29, 1.82) is 0 Å². The fraction of sp³-hybridized carbons (Fsp3) is 0.312. The molecule has 2 nitrogen and oxygen atoms in total. The molecule has 0 aliphatic carbocycles. The molecule has 2 heteroatoms. The summed E-state index contributed by atoms with van der Waals surface area (Å²) >= 11 is 0. The van der Waals surface area contributed by atoms with Crippen LogP contribution in [0.4, 0.5) is 0 Å². The number of hydrogen-bond acceptors (Lipinski definition) is 2. The Kier molecular flexibility index (Phi) is 3.78. The van der Waals surface area contributed by atoms with Gasteiger partial charge in [0.05, 0.1) is 5.69 Å². The lowest BCUT2D eigenvalue weighted by molar-refractivity contribution is 0.700. The maximum absolute atomic E-state index is 6.18. The molecule has 1 aromatic heterocycles. The zero-order valence-electron chi connectivity index (χ0n) is 11.3. The van der Waals surface area contributed by atoms with Crippen molar-refractivity contribution in [3.63, 3.8) is 0 Å². The van der Waals surface area contributed by atoms with E-state index >= 15 is 0 Å². The van der Waals surface area contributed by atoms with Gasteiger partial charge in [-0.2, -0.15) is 0 Å². The summed E-state index contributed by atoms with van der Waals surface area (Å²) in [6, 6.07) is 12.6. The molecular weight excluding hydrogens is 220 g/mol. The van der Waals surface area contributed by atoms with Crippen molar-refractivity contribution in [3.05, 3.63) is 53.2 Å². The van der Waals surface area contributed by atoms with E-state index in [1.54, 1.807) is 0 Å². The monoisotopic (exact) mass is 240 g/mol. The molecule has 18 heavy (non-hydrogen) atoms. The van der Waals surface area contributed by atoms with Crippen LogP contribution in [0.3, 0.4) is 0 Å². The summed E-state index contributed by atoms with van der Waals surface area (Å²) in [5.41, 5.74) is 11.8. The van der Waals surface area contributed by atoms with E-state index < -0.39 is 0 Å². The van der Waals surface area contributed by atoms with Crippen molar-refractivity contribution >= 4 is 0 Å². The van der Waals surface area contributed by atoms with Crippen molar-refractivity contribution in [2.45, 2.75) is 33.2 Å². The minimum atomic E-state index is 0.0730. The third-order valence-corrected chi connectivity index (χ3v) is 3.17. The molecule has 0 saturated carbocycles. The lowest BCUT2D eigenvalue weighted by Crippen LogP contribution is -2.10. The van der Waals surface area contributed by atoms with E-state index in [0.717, 1.165) is 23.4 Å². The Balaban J connectivity index is 2.56. The van der Waals surface area contributed by atoms with Crippen molar-refractivity contribution < 1.29 is 0 Å². The number of hydrogen-bond donors (Lipinski definition) is 1. The van der Waals surface area contributed by atoms with E-state index in [1.165, 1.54) is 11.1 Å². The first-order valence-corrected chi connectivity index (χ1v) is 6.42. The fourth-order valence-corrected chi connectivity index (χ4v) is 2.25. The molecular formula is C16H20N2. The zero-order chi connectivity index (χ0) is 13.1. The van der Waals surface area contributed by atoms with Gasteiger partial charge in [-0.25, -0.2) is 0 Å². The molecule has 0 aliphatic rings. The number of aryl methyl sites for hydroxylation is 2. The summed E-state index contributed by atoms with van der Waals surface area (Å²) in [7, 11) is 0. The molecule has 1 heterocycles. The second-order valence-electron chi connectivity index (χ2n) is 4.77. The highest BCUT2D eigenvalue weighted by Gasteiger charge is 2.11. The van der Waals surface area contributed by atoms with Crippen LogP contribution in [0.15, 0.2) is 36.4 Å². The van der Waals surface area contributed by atoms with Crippen LogP contribution < -0.4 is 5.73 Å². The number of benzene rings is 1. The molecule has 0 unspecified atom stereocenters. The van der Waals surface area contributed by atoms with Crippen LogP contribution in [0.1, 0.15) is 36.2 Å². The summed E-state index contributed by atoms with van der Waals surface area (Å²) in [5.74, 6) is 0. The number of nitrogens with zero attached hydrogens (tertiary/aromatic N) is 1. The van der Waals surface area contributed by atoms with Crippen molar-refractivity contribution in [3.8, 4) is 11.3 Å². The third-order valence-electron chi connectivity index (χ3n) is 3.17. The van der Waals surface area contributed by atoms with Gasteiger partial charge in [0.1, 0.15) is 0 Å². The molecule has 0 fully saturated rings. The summed E-state index contributed by atoms with van der Waals surface area (Å²) in [5, 5.41) is 0. The van der Waals surface area contributed by atoms with Gasteiger partial charge in [-0.1, -0.05) is 31.2 Å². The zero-order valence-corrected chi connectivity index (χ0v) is 11.3. The molecule has 0 aliphatic heterocycles. The van der Waals surface area contributed by atoms with Crippen LogP contribution in [-0.2, 0) is 0 Å². The average molecular weight is 240 g/mol. The van der Waals surface area contributed by atoms with Crippen molar-refractivity contribution in [2.75, 3.05) is 0 Å². The first-order chi connectivity index (χ1) is 8.61. The Morgan fingerprint density at radius 1 is 1.17 bits per heavy atom. The predicted octanol–water partition coefficient (Wildman–Crippen LogP) is 3.78. The molecule has 1 atom stereocenters. The van der Waals surface area contributed by atoms with E-state index in [4.69, 9.17) is 5.73 Å². The molecule has 0 spiro atoms. The molecule has 2 N–H and O–H groups in total. The van der Waals surface area contributed by atoms with Gasteiger partial charge in [0.15, 0.2) is 0 Å². The first-order valence-electron chi connectivity index (χ1n) is 6.42. The average Bonchev–Trinajstić information content (AvgIpc) is 2.36. The summed E-state index contributed by atoms with van der Waals surface area (Å²) < 4.78 is 0. The minimum Gasteiger partial charge on any atom is -0.324 e. The van der Waals surface area contributed by atoms with Gasteiger partial charge in [0, 0.05) is 17.3 Å². The van der Waals surface area contributed by atoms with E-state index in [1.807, 2.05) is 19.1 Å². The molecule has 0 saturated heterocycles. The number of pyridine rings is 1. The van der Waals surface area contributed by atoms with Gasteiger partial charge < -0.3 is 5.73 Å². The van der Waals surface area contributed by atoms with Gasteiger partial charge >= 0.3 is 0 Å². The smallest absolute Gasteiger partial charge is 0.0711 e. The molecule has 2 rings (SSSR count). The number of nitrogens with two attached hydrogens (primary N) is 1. The topological polar surface area (TPSA) is 38.9 Å². The SMILES string of the molecule is CC[C@@H](N)c1ccccc1-c1cc(C)cc(C)n1. The molecule has 0 amide bonds. The van der Waals surface area contributed by atoms with E-state index in [9.17, 15) is 0 Å². The maximum atomic E-state index is 6.18. The third kappa shape index (κ3) is 2.59. The largest absolute Gasteiger partial charge is 0.324 e. The van der Waals surface area contributed by atoms with Crippen LogP contribution in [0.5, 0.6) is 0 Å². The van der Waals surface area contributed by atoms with Crippen molar-refractivity contribution in [2.24, 2.45) is 5.73 Å². The Morgan fingerprint density at radius 3 is 2.56 bits per heavy atom. The standard InChI is InChI=1S/C16H20N2/c1-4-15(17)13-7-5-6-8-14(13)16-10-11(2)9-12(3)18-16/h5-10,15H,4,17H2,1-3H3/t15-/m1/s1. The fourth-order valence-electron chi connectivity index (χ4n) is 2.25. The Hall–Kier alpha value is -1.67. The normalized spacial score (nSPS) is 12.4. The van der Waals surface area contributed by atoms with E-state index in [-0.39, 0.29) is 6.04 Å². The minimum absolute atomic E-state index is 0.0730. The first kappa shape index (κ1) is 12.8. The highest BCUT2D eigenvalue weighted by atomic mass is 14.7. The lowest BCUT2D eigenvalue weighted by atomic mass is 9.96. The molecule has 2 aromatic rings. The molecule has 94 valence electrons. The highest BCUT2D eigenvalue weighted by molar-refractivity contribution is 5.65. The maximum Gasteiger partial charge on any atom is 0.0711 e. The quantitative estimate of drug-likeness (QED) is 0.886. The summed E-state index contributed by atoms with van der Waals surface area (Å²) in [4.78, 5) is 4.63. The molecule has 1 aromatic carbocycles. The number of aromatic nitrogens is 1. The van der Waals surface area contributed by atoms with Gasteiger partial charge in [-0.3, -0.25) is 4.98 Å². The van der Waals surface area contributed by atoms with Gasteiger partial charge in [-0.15, -0.1) is 0 Å². The second-order valence-corrected chi connectivity index (χ2v) is 4.77.